The van der Waals surface area contributed by atoms with Crippen LogP contribution in [-0.2, 0) is 33.4 Å². The fraction of sp³-hybridized carbons (Fsp3) is 0.800. The zero-order valence-corrected chi connectivity index (χ0v) is 17.4. The number of carbonyl (C=O) groups is 4. The predicted octanol–water partition coefficient (Wildman–Crippen LogP) is 1.56. The normalized spacial score (nSPS) is 36.8. The van der Waals surface area contributed by atoms with Crippen LogP contribution in [0.3, 0.4) is 0 Å². The molecule has 0 amide bonds. The van der Waals surface area contributed by atoms with Gasteiger partial charge < -0.3 is 19.3 Å². The van der Waals surface area contributed by atoms with Gasteiger partial charge in [0.2, 0.25) is 0 Å². The SMILES string of the molecule is CC(=O)OC[C@@]1(O)CC[C@H]2C(C)(C)[C@@H](OC(C)=O)[C@H](OC(C)=O)C[C@]2(C)C1=O. The minimum Gasteiger partial charge on any atom is -0.462 e. The van der Waals surface area contributed by atoms with Gasteiger partial charge >= 0.3 is 17.9 Å². The molecular formula is C20H30O8. The molecule has 8 heteroatoms. The van der Waals surface area contributed by atoms with Gasteiger partial charge in [-0.05, 0) is 18.8 Å². The van der Waals surface area contributed by atoms with Crippen molar-refractivity contribution in [2.24, 2.45) is 16.7 Å². The van der Waals surface area contributed by atoms with Crippen molar-refractivity contribution in [3.63, 3.8) is 0 Å². The molecule has 0 bridgehead atoms. The summed E-state index contributed by atoms with van der Waals surface area (Å²) in [5.41, 5.74) is -3.51. The molecule has 0 aromatic heterocycles. The lowest BCUT2D eigenvalue weighted by Crippen LogP contribution is -2.67. The average molecular weight is 398 g/mol. The number of ketones is 1. The summed E-state index contributed by atoms with van der Waals surface area (Å²) < 4.78 is 15.9. The van der Waals surface area contributed by atoms with E-state index in [0.29, 0.717) is 6.42 Å². The van der Waals surface area contributed by atoms with E-state index in [1.165, 1.54) is 20.8 Å². The first-order valence-electron chi connectivity index (χ1n) is 9.49. The molecule has 2 aliphatic carbocycles. The van der Waals surface area contributed by atoms with Gasteiger partial charge in [0, 0.05) is 38.0 Å². The molecule has 0 aliphatic heterocycles. The van der Waals surface area contributed by atoms with Gasteiger partial charge in [0.25, 0.3) is 0 Å². The molecule has 0 radical (unpaired) electrons. The van der Waals surface area contributed by atoms with Crippen molar-refractivity contribution in [2.75, 3.05) is 6.61 Å². The molecule has 5 atom stereocenters. The lowest BCUT2D eigenvalue weighted by molar-refractivity contribution is -0.221. The molecule has 0 heterocycles. The summed E-state index contributed by atoms with van der Waals surface area (Å²) in [6.45, 7) is 8.84. The maximum Gasteiger partial charge on any atom is 0.303 e. The molecule has 28 heavy (non-hydrogen) atoms. The number of hydrogen-bond acceptors (Lipinski definition) is 8. The molecule has 2 aliphatic rings. The lowest BCUT2D eigenvalue weighted by atomic mass is 9.47. The van der Waals surface area contributed by atoms with E-state index in [2.05, 4.69) is 0 Å². The summed E-state index contributed by atoms with van der Waals surface area (Å²) in [4.78, 5) is 47.9. The summed E-state index contributed by atoms with van der Waals surface area (Å²) in [6.07, 6.45) is -0.817. The van der Waals surface area contributed by atoms with E-state index >= 15 is 0 Å². The van der Waals surface area contributed by atoms with E-state index in [-0.39, 0.29) is 18.8 Å². The maximum absolute atomic E-state index is 13.4. The van der Waals surface area contributed by atoms with Crippen molar-refractivity contribution in [1.82, 2.24) is 0 Å². The number of Topliss-reactive ketones (excluding diaryl/α,β-unsaturated/α-hetero) is 1. The number of aliphatic hydroxyl groups is 1. The van der Waals surface area contributed by atoms with Crippen LogP contribution in [0.4, 0.5) is 0 Å². The lowest BCUT2D eigenvalue weighted by Gasteiger charge is -2.59. The standard InChI is InChI=1S/C20H30O8/c1-11(21)26-10-20(25)8-7-15-18(4,5)16(28-13(3)23)14(27-12(2)22)9-19(15,6)17(20)24/h14-16,25H,7-10H2,1-6H3/t14-,15+,16+,19+,20+/m1/s1. The molecule has 2 saturated carbocycles. The second-order valence-electron chi connectivity index (χ2n) is 8.85. The Labute approximate surface area is 164 Å². The Bertz CT molecular complexity index is 684. The molecule has 158 valence electrons. The van der Waals surface area contributed by atoms with Gasteiger partial charge in [-0.25, -0.2) is 0 Å². The monoisotopic (exact) mass is 398 g/mol. The molecule has 8 nitrogen and oxygen atoms in total. The van der Waals surface area contributed by atoms with E-state index in [1.807, 2.05) is 13.8 Å². The highest BCUT2D eigenvalue weighted by Crippen LogP contribution is 2.59. The van der Waals surface area contributed by atoms with Crippen LogP contribution in [0.2, 0.25) is 0 Å². The first kappa shape index (κ1) is 22.3. The Morgan fingerprint density at radius 3 is 2.11 bits per heavy atom. The van der Waals surface area contributed by atoms with E-state index < -0.39 is 58.9 Å². The van der Waals surface area contributed by atoms with Gasteiger partial charge in [0.15, 0.2) is 11.4 Å². The van der Waals surface area contributed by atoms with E-state index in [9.17, 15) is 24.3 Å². The van der Waals surface area contributed by atoms with Crippen LogP contribution >= 0.6 is 0 Å². The summed E-state index contributed by atoms with van der Waals surface area (Å²) in [7, 11) is 0. The molecule has 0 unspecified atom stereocenters. The molecular weight excluding hydrogens is 368 g/mol. The predicted molar refractivity (Wildman–Crippen MR) is 96.9 cm³/mol. The Morgan fingerprint density at radius 2 is 1.61 bits per heavy atom. The van der Waals surface area contributed by atoms with Crippen molar-refractivity contribution < 1.29 is 38.5 Å². The molecule has 2 fully saturated rings. The number of ether oxygens (including phenoxy) is 3. The topological polar surface area (TPSA) is 116 Å². The molecule has 0 aromatic carbocycles. The van der Waals surface area contributed by atoms with Crippen molar-refractivity contribution in [3.05, 3.63) is 0 Å². The summed E-state index contributed by atoms with van der Waals surface area (Å²) in [6, 6.07) is 0. The van der Waals surface area contributed by atoms with Crippen LogP contribution in [0, 0.1) is 16.7 Å². The molecule has 2 rings (SSSR count). The third-order valence-electron chi connectivity index (χ3n) is 6.28. The third-order valence-corrected chi connectivity index (χ3v) is 6.28. The van der Waals surface area contributed by atoms with Gasteiger partial charge in [0.05, 0.1) is 0 Å². The summed E-state index contributed by atoms with van der Waals surface area (Å²) in [5.74, 6) is -2.28. The molecule has 1 N–H and O–H groups in total. The number of hydrogen-bond donors (Lipinski definition) is 1. The Hall–Kier alpha value is -1.96. The van der Waals surface area contributed by atoms with E-state index in [4.69, 9.17) is 14.2 Å². The van der Waals surface area contributed by atoms with E-state index in [1.54, 1.807) is 6.92 Å². The maximum atomic E-state index is 13.4. The van der Waals surface area contributed by atoms with Crippen LogP contribution in [-0.4, -0.2) is 53.2 Å². The highest BCUT2D eigenvalue weighted by atomic mass is 16.6. The quantitative estimate of drug-likeness (QED) is 0.560. The molecule has 0 spiro atoms. The first-order chi connectivity index (χ1) is 12.7. The second-order valence-corrected chi connectivity index (χ2v) is 8.85. The van der Waals surface area contributed by atoms with Crippen LogP contribution in [0.5, 0.6) is 0 Å². The minimum atomic E-state index is -1.79. The molecule has 0 aromatic rings. The number of fused-ring (bicyclic) bond motifs is 1. The van der Waals surface area contributed by atoms with Crippen molar-refractivity contribution in [2.45, 2.75) is 78.6 Å². The van der Waals surface area contributed by atoms with Crippen LogP contribution in [0.1, 0.15) is 60.8 Å². The fourth-order valence-electron chi connectivity index (χ4n) is 5.22. The Kier molecular flexibility index (Phi) is 5.95. The Balaban J connectivity index is 2.43. The van der Waals surface area contributed by atoms with Crippen molar-refractivity contribution >= 4 is 23.7 Å². The van der Waals surface area contributed by atoms with Gasteiger partial charge in [-0.1, -0.05) is 20.8 Å². The number of carbonyl (C=O) groups excluding carboxylic acids is 4. The van der Waals surface area contributed by atoms with Crippen molar-refractivity contribution in [1.29, 1.82) is 0 Å². The number of esters is 3. The van der Waals surface area contributed by atoms with Gasteiger partial charge in [0.1, 0.15) is 18.8 Å². The highest BCUT2D eigenvalue weighted by Gasteiger charge is 2.65. The van der Waals surface area contributed by atoms with Gasteiger partial charge in [-0.3, -0.25) is 19.2 Å². The average Bonchev–Trinajstić information content (AvgIpc) is 2.53. The second kappa shape index (κ2) is 7.46. The van der Waals surface area contributed by atoms with Crippen molar-refractivity contribution in [3.8, 4) is 0 Å². The van der Waals surface area contributed by atoms with Gasteiger partial charge in [-0.15, -0.1) is 0 Å². The third kappa shape index (κ3) is 3.92. The summed E-state index contributed by atoms with van der Waals surface area (Å²) >= 11 is 0. The number of rotatable bonds is 4. The highest BCUT2D eigenvalue weighted by molar-refractivity contribution is 5.94. The van der Waals surface area contributed by atoms with Crippen LogP contribution in [0.25, 0.3) is 0 Å². The van der Waals surface area contributed by atoms with Crippen LogP contribution in [0.15, 0.2) is 0 Å². The minimum absolute atomic E-state index is 0.111. The zero-order chi connectivity index (χ0) is 21.5. The fourth-order valence-corrected chi connectivity index (χ4v) is 5.22. The molecule has 0 saturated heterocycles. The van der Waals surface area contributed by atoms with Crippen LogP contribution < -0.4 is 0 Å². The Morgan fingerprint density at radius 1 is 1.04 bits per heavy atom. The summed E-state index contributed by atoms with van der Waals surface area (Å²) in [5, 5.41) is 10.9. The first-order valence-corrected chi connectivity index (χ1v) is 9.49. The zero-order valence-electron chi connectivity index (χ0n) is 17.4. The smallest absolute Gasteiger partial charge is 0.303 e. The van der Waals surface area contributed by atoms with E-state index in [0.717, 1.165) is 0 Å². The van der Waals surface area contributed by atoms with Gasteiger partial charge in [-0.2, -0.15) is 0 Å². The largest absolute Gasteiger partial charge is 0.462 e.